The Hall–Kier alpha value is -3.74. The molecule has 0 aliphatic carbocycles. The van der Waals surface area contributed by atoms with Crippen LogP contribution in [0.2, 0.25) is 0 Å². The summed E-state index contributed by atoms with van der Waals surface area (Å²) < 4.78 is 27.4. The van der Waals surface area contributed by atoms with Gasteiger partial charge >= 0.3 is 11.9 Å². The van der Waals surface area contributed by atoms with Crippen molar-refractivity contribution in [1.29, 1.82) is 0 Å². The molecule has 0 bridgehead atoms. The number of ether oxygens (including phenoxy) is 5. The Morgan fingerprint density at radius 3 is 1.97 bits per heavy atom. The Bertz CT molecular complexity index is 1120. The van der Waals surface area contributed by atoms with E-state index >= 15 is 0 Å². The van der Waals surface area contributed by atoms with Crippen molar-refractivity contribution in [2.75, 3.05) is 21.3 Å². The highest BCUT2D eigenvalue weighted by Crippen LogP contribution is 2.51. The number of fused-ring (bicyclic) bond motifs is 1. The van der Waals surface area contributed by atoms with E-state index in [4.69, 9.17) is 23.7 Å². The molecule has 0 aliphatic rings. The van der Waals surface area contributed by atoms with Gasteiger partial charge in [0.1, 0.15) is 11.3 Å². The van der Waals surface area contributed by atoms with Crippen molar-refractivity contribution < 1.29 is 33.3 Å². The molecule has 0 aromatic heterocycles. The second-order valence-electron chi connectivity index (χ2n) is 6.46. The molecule has 0 unspecified atom stereocenters. The van der Waals surface area contributed by atoms with Crippen LogP contribution in [-0.2, 0) is 4.79 Å². The second kappa shape index (κ2) is 8.73. The topological polar surface area (TPSA) is 80.3 Å². The summed E-state index contributed by atoms with van der Waals surface area (Å²) >= 11 is 0. The highest BCUT2D eigenvalue weighted by molar-refractivity contribution is 6.03. The third-order valence-corrected chi connectivity index (χ3v) is 4.46. The highest BCUT2D eigenvalue weighted by atomic mass is 16.6. The van der Waals surface area contributed by atoms with Crippen LogP contribution in [0.3, 0.4) is 0 Å². The Labute approximate surface area is 174 Å². The van der Waals surface area contributed by atoms with Crippen LogP contribution in [0.15, 0.2) is 42.5 Å². The van der Waals surface area contributed by atoms with Gasteiger partial charge in [-0.05, 0) is 25.1 Å². The van der Waals surface area contributed by atoms with Gasteiger partial charge in [-0.3, -0.25) is 4.79 Å². The third kappa shape index (κ3) is 3.87. The van der Waals surface area contributed by atoms with Crippen LogP contribution in [-0.4, -0.2) is 33.3 Å². The lowest BCUT2D eigenvalue weighted by atomic mass is 10.0. The maximum absolute atomic E-state index is 13.0. The summed E-state index contributed by atoms with van der Waals surface area (Å²) in [6.45, 7) is 3.19. The van der Waals surface area contributed by atoms with Gasteiger partial charge in [0, 0.05) is 17.7 Å². The zero-order valence-corrected chi connectivity index (χ0v) is 17.4. The van der Waals surface area contributed by atoms with E-state index in [0.717, 1.165) is 5.56 Å². The van der Waals surface area contributed by atoms with Gasteiger partial charge in [-0.25, -0.2) is 4.79 Å². The molecule has 0 amide bonds. The molecule has 0 atom stereocenters. The number of hydrogen-bond acceptors (Lipinski definition) is 7. The first-order valence-electron chi connectivity index (χ1n) is 9.13. The number of rotatable bonds is 6. The van der Waals surface area contributed by atoms with E-state index in [1.54, 1.807) is 30.3 Å². The van der Waals surface area contributed by atoms with Crippen LogP contribution in [0.1, 0.15) is 22.8 Å². The van der Waals surface area contributed by atoms with Crippen molar-refractivity contribution in [2.45, 2.75) is 13.8 Å². The SMILES string of the molecule is COc1ccccc1C(=O)Oc1c(OC)c(OC)c(OC(C)=O)c2cc(C)ccc12. The van der Waals surface area contributed by atoms with Crippen molar-refractivity contribution in [3.63, 3.8) is 0 Å². The van der Waals surface area contributed by atoms with Crippen LogP contribution in [0, 0.1) is 6.92 Å². The van der Waals surface area contributed by atoms with E-state index in [-0.39, 0.29) is 28.6 Å². The lowest BCUT2D eigenvalue weighted by Crippen LogP contribution is -2.12. The monoisotopic (exact) mass is 410 g/mol. The molecule has 0 saturated carbocycles. The Morgan fingerprint density at radius 2 is 1.37 bits per heavy atom. The number of para-hydroxylation sites is 1. The average molecular weight is 410 g/mol. The molecular formula is C23H22O7. The van der Waals surface area contributed by atoms with Crippen molar-refractivity contribution in [3.05, 3.63) is 53.6 Å². The van der Waals surface area contributed by atoms with Crippen LogP contribution in [0.25, 0.3) is 10.8 Å². The van der Waals surface area contributed by atoms with Gasteiger partial charge in [-0.15, -0.1) is 0 Å². The molecule has 7 nitrogen and oxygen atoms in total. The van der Waals surface area contributed by atoms with Crippen LogP contribution in [0.5, 0.6) is 28.7 Å². The minimum absolute atomic E-state index is 0.133. The maximum atomic E-state index is 13.0. The van der Waals surface area contributed by atoms with E-state index in [0.29, 0.717) is 16.5 Å². The number of carbonyl (C=O) groups is 2. The zero-order chi connectivity index (χ0) is 21.8. The van der Waals surface area contributed by atoms with Crippen LogP contribution < -0.4 is 23.7 Å². The largest absolute Gasteiger partial charge is 0.496 e. The fraction of sp³-hybridized carbons (Fsp3) is 0.217. The number of esters is 2. The molecule has 7 heteroatoms. The number of benzene rings is 3. The van der Waals surface area contributed by atoms with Crippen molar-refractivity contribution in [3.8, 4) is 28.7 Å². The molecule has 3 rings (SSSR count). The van der Waals surface area contributed by atoms with E-state index in [9.17, 15) is 9.59 Å². The van der Waals surface area contributed by atoms with Crippen LogP contribution >= 0.6 is 0 Å². The quantitative estimate of drug-likeness (QED) is 0.442. The predicted molar refractivity (Wildman–Crippen MR) is 111 cm³/mol. The van der Waals surface area contributed by atoms with Gasteiger partial charge in [0.15, 0.2) is 11.5 Å². The Morgan fingerprint density at radius 1 is 0.733 bits per heavy atom. The first-order chi connectivity index (χ1) is 14.4. The van der Waals surface area contributed by atoms with Crippen molar-refractivity contribution in [2.24, 2.45) is 0 Å². The third-order valence-electron chi connectivity index (χ3n) is 4.46. The molecule has 3 aromatic rings. The highest BCUT2D eigenvalue weighted by Gasteiger charge is 2.27. The molecule has 0 heterocycles. The van der Waals surface area contributed by atoms with Crippen molar-refractivity contribution in [1.82, 2.24) is 0 Å². The molecule has 156 valence electrons. The van der Waals surface area contributed by atoms with E-state index in [2.05, 4.69) is 0 Å². The first-order valence-corrected chi connectivity index (χ1v) is 9.13. The summed E-state index contributed by atoms with van der Waals surface area (Å²) in [5.41, 5.74) is 1.18. The van der Waals surface area contributed by atoms with E-state index < -0.39 is 11.9 Å². The number of carbonyl (C=O) groups excluding carboxylic acids is 2. The maximum Gasteiger partial charge on any atom is 0.347 e. The van der Waals surface area contributed by atoms with Gasteiger partial charge in [-0.2, -0.15) is 0 Å². The zero-order valence-electron chi connectivity index (χ0n) is 17.4. The van der Waals surface area contributed by atoms with Gasteiger partial charge < -0.3 is 23.7 Å². The molecule has 0 saturated heterocycles. The number of methoxy groups -OCH3 is 3. The summed E-state index contributed by atoms with van der Waals surface area (Å²) in [5.74, 6) is -0.146. The fourth-order valence-electron chi connectivity index (χ4n) is 3.17. The summed E-state index contributed by atoms with van der Waals surface area (Å²) in [6, 6.07) is 12.2. The van der Waals surface area contributed by atoms with Gasteiger partial charge in [0.25, 0.3) is 0 Å². The predicted octanol–water partition coefficient (Wildman–Crippen LogP) is 4.32. The molecule has 3 aromatic carbocycles. The van der Waals surface area contributed by atoms with Crippen molar-refractivity contribution >= 4 is 22.7 Å². The molecular weight excluding hydrogens is 388 g/mol. The molecule has 0 aliphatic heterocycles. The lowest BCUT2D eigenvalue weighted by Gasteiger charge is -2.19. The molecule has 0 fully saturated rings. The van der Waals surface area contributed by atoms with Gasteiger partial charge in [0.2, 0.25) is 11.5 Å². The minimum Gasteiger partial charge on any atom is -0.496 e. The molecule has 0 N–H and O–H groups in total. The van der Waals surface area contributed by atoms with E-state index in [1.165, 1.54) is 28.3 Å². The molecule has 30 heavy (non-hydrogen) atoms. The fourth-order valence-corrected chi connectivity index (χ4v) is 3.17. The number of aryl methyl sites for hydroxylation is 1. The first kappa shape index (κ1) is 21.0. The normalized spacial score (nSPS) is 10.4. The lowest BCUT2D eigenvalue weighted by molar-refractivity contribution is -0.131. The second-order valence-corrected chi connectivity index (χ2v) is 6.46. The summed E-state index contributed by atoms with van der Waals surface area (Å²) in [7, 11) is 4.30. The smallest absolute Gasteiger partial charge is 0.347 e. The average Bonchev–Trinajstić information content (AvgIpc) is 2.74. The van der Waals surface area contributed by atoms with Crippen LogP contribution in [0.4, 0.5) is 0 Å². The molecule has 0 spiro atoms. The molecule has 0 radical (unpaired) electrons. The Kier molecular flexibility index (Phi) is 6.11. The summed E-state index contributed by atoms with van der Waals surface area (Å²) in [5, 5.41) is 1.07. The number of hydrogen-bond donors (Lipinski definition) is 0. The summed E-state index contributed by atoms with van der Waals surface area (Å²) in [4.78, 5) is 24.7. The summed E-state index contributed by atoms with van der Waals surface area (Å²) in [6.07, 6.45) is 0. The minimum atomic E-state index is -0.630. The van der Waals surface area contributed by atoms with Gasteiger partial charge in [-0.1, -0.05) is 29.8 Å². The van der Waals surface area contributed by atoms with E-state index in [1.807, 2.05) is 19.1 Å². The van der Waals surface area contributed by atoms with Gasteiger partial charge in [0.05, 0.1) is 21.3 Å². The Balaban J connectivity index is 2.26. The standard InChI is InChI=1S/C23H22O7/c1-13-10-11-15-17(12-13)20(29-14(2)24)22(28-5)21(27-4)19(15)30-23(25)16-8-6-7-9-18(16)26-3/h6-12H,1-5H3.